The largest absolute Gasteiger partial charge is 0.465 e. The van der Waals surface area contributed by atoms with E-state index in [4.69, 9.17) is 10.5 Å². The number of hydrogen-bond acceptors (Lipinski definition) is 6. The maximum atomic E-state index is 11.1. The number of benzene rings is 1. The van der Waals surface area contributed by atoms with Gasteiger partial charge in [0.2, 0.25) is 0 Å². The van der Waals surface area contributed by atoms with Crippen molar-refractivity contribution < 1.29 is 14.5 Å². The SMILES string of the molecule is CCOC(=O)CNCCc1c(C)ccc([N+](=O)[O-])c1N. The van der Waals surface area contributed by atoms with Crippen molar-refractivity contribution in [2.45, 2.75) is 20.3 Å². The van der Waals surface area contributed by atoms with Crippen molar-refractivity contribution in [1.29, 1.82) is 0 Å². The van der Waals surface area contributed by atoms with Crippen LogP contribution in [0.3, 0.4) is 0 Å². The Labute approximate surface area is 117 Å². The Bertz CT molecular complexity index is 503. The first-order valence-corrected chi connectivity index (χ1v) is 6.36. The first kappa shape index (κ1) is 15.9. The van der Waals surface area contributed by atoms with Crippen LogP contribution in [0.25, 0.3) is 0 Å². The molecule has 0 heterocycles. The summed E-state index contributed by atoms with van der Waals surface area (Å²) in [6, 6.07) is 3.08. The lowest BCUT2D eigenvalue weighted by Gasteiger charge is -2.10. The van der Waals surface area contributed by atoms with Crippen LogP contribution in [0.4, 0.5) is 11.4 Å². The van der Waals surface area contributed by atoms with E-state index >= 15 is 0 Å². The van der Waals surface area contributed by atoms with Gasteiger partial charge in [-0.05, 0) is 37.9 Å². The third-order valence-corrected chi connectivity index (χ3v) is 2.89. The van der Waals surface area contributed by atoms with Gasteiger partial charge >= 0.3 is 5.97 Å². The minimum atomic E-state index is -0.496. The number of nitrogens with two attached hydrogens (primary N) is 1. The Hall–Kier alpha value is -2.15. The number of rotatable bonds is 7. The fraction of sp³-hybridized carbons (Fsp3) is 0.462. The Balaban J connectivity index is 2.62. The van der Waals surface area contributed by atoms with Crippen LogP contribution in [0, 0.1) is 17.0 Å². The maximum absolute atomic E-state index is 11.1. The molecule has 7 heteroatoms. The van der Waals surface area contributed by atoms with Crippen LogP contribution in [-0.4, -0.2) is 30.6 Å². The number of nitrogen functional groups attached to an aromatic ring is 1. The standard InChI is InChI=1S/C13H19N3O4/c1-3-20-12(17)8-15-7-6-10-9(2)4-5-11(13(10)14)16(18)19/h4-5,15H,3,6-8,14H2,1-2H3. The molecule has 0 fully saturated rings. The van der Waals surface area contributed by atoms with Crippen molar-refractivity contribution in [3.05, 3.63) is 33.4 Å². The number of carbonyl (C=O) groups excluding carboxylic acids is 1. The second-order valence-electron chi connectivity index (χ2n) is 4.28. The predicted octanol–water partition coefficient (Wildman–Crippen LogP) is 1.18. The van der Waals surface area contributed by atoms with Gasteiger partial charge in [-0.1, -0.05) is 6.07 Å². The molecule has 0 bridgehead atoms. The van der Waals surface area contributed by atoms with Crippen LogP contribution < -0.4 is 11.1 Å². The summed E-state index contributed by atoms with van der Waals surface area (Å²) >= 11 is 0. The van der Waals surface area contributed by atoms with Crippen molar-refractivity contribution in [2.24, 2.45) is 0 Å². The van der Waals surface area contributed by atoms with Gasteiger partial charge in [0.15, 0.2) is 0 Å². The van der Waals surface area contributed by atoms with Gasteiger partial charge in [-0.3, -0.25) is 14.9 Å². The minimum Gasteiger partial charge on any atom is -0.465 e. The third kappa shape index (κ3) is 4.20. The van der Waals surface area contributed by atoms with Gasteiger partial charge in [0, 0.05) is 6.07 Å². The molecule has 0 radical (unpaired) electrons. The van der Waals surface area contributed by atoms with Crippen molar-refractivity contribution in [1.82, 2.24) is 5.32 Å². The number of nitro benzene ring substituents is 1. The highest BCUT2D eigenvalue weighted by molar-refractivity contribution is 5.71. The highest BCUT2D eigenvalue weighted by atomic mass is 16.6. The van der Waals surface area contributed by atoms with Gasteiger partial charge in [-0.15, -0.1) is 0 Å². The maximum Gasteiger partial charge on any atom is 0.319 e. The monoisotopic (exact) mass is 281 g/mol. The fourth-order valence-corrected chi connectivity index (χ4v) is 1.87. The van der Waals surface area contributed by atoms with Crippen LogP contribution in [0.5, 0.6) is 0 Å². The molecule has 1 rings (SSSR count). The Morgan fingerprint density at radius 1 is 1.50 bits per heavy atom. The van der Waals surface area contributed by atoms with E-state index < -0.39 is 4.92 Å². The molecule has 0 aliphatic rings. The van der Waals surface area contributed by atoms with Crippen molar-refractivity contribution in [2.75, 3.05) is 25.4 Å². The molecule has 0 saturated carbocycles. The summed E-state index contributed by atoms with van der Waals surface area (Å²) in [5, 5.41) is 13.7. The first-order chi connectivity index (χ1) is 9.47. The number of aryl methyl sites for hydroxylation is 1. The van der Waals surface area contributed by atoms with E-state index in [1.165, 1.54) is 6.07 Å². The number of anilines is 1. The summed E-state index contributed by atoms with van der Waals surface area (Å²) in [5.41, 5.74) is 7.54. The molecule has 0 saturated heterocycles. The summed E-state index contributed by atoms with van der Waals surface area (Å²) in [6.07, 6.45) is 0.513. The molecule has 110 valence electrons. The Morgan fingerprint density at radius 2 is 2.20 bits per heavy atom. The average molecular weight is 281 g/mol. The first-order valence-electron chi connectivity index (χ1n) is 6.36. The fourth-order valence-electron chi connectivity index (χ4n) is 1.87. The lowest BCUT2D eigenvalue weighted by molar-refractivity contribution is -0.384. The zero-order valence-corrected chi connectivity index (χ0v) is 11.6. The summed E-state index contributed by atoms with van der Waals surface area (Å²) in [7, 11) is 0. The van der Waals surface area contributed by atoms with E-state index in [-0.39, 0.29) is 23.9 Å². The van der Waals surface area contributed by atoms with E-state index in [2.05, 4.69) is 5.32 Å². The molecule has 20 heavy (non-hydrogen) atoms. The zero-order chi connectivity index (χ0) is 15.1. The van der Waals surface area contributed by atoms with Gasteiger partial charge < -0.3 is 15.8 Å². The highest BCUT2D eigenvalue weighted by Gasteiger charge is 2.16. The van der Waals surface area contributed by atoms with Gasteiger partial charge in [0.1, 0.15) is 5.69 Å². The second-order valence-corrected chi connectivity index (χ2v) is 4.28. The molecule has 0 spiro atoms. The summed E-state index contributed by atoms with van der Waals surface area (Å²) < 4.78 is 4.78. The third-order valence-electron chi connectivity index (χ3n) is 2.89. The van der Waals surface area contributed by atoms with E-state index in [1.54, 1.807) is 13.0 Å². The van der Waals surface area contributed by atoms with Crippen LogP contribution >= 0.6 is 0 Å². The normalized spacial score (nSPS) is 10.3. The van der Waals surface area contributed by atoms with E-state index in [9.17, 15) is 14.9 Å². The van der Waals surface area contributed by atoms with Crippen molar-refractivity contribution in [3.8, 4) is 0 Å². The molecule has 0 atom stereocenters. The van der Waals surface area contributed by atoms with E-state index in [0.29, 0.717) is 19.6 Å². The lowest BCUT2D eigenvalue weighted by Crippen LogP contribution is -2.27. The number of nitro groups is 1. The van der Waals surface area contributed by atoms with Crippen molar-refractivity contribution in [3.63, 3.8) is 0 Å². The van der Waals surface area contributed by atoms with Gasteiger partial charge in [0.25, 0.3) is 5.69 Å². The summed E-state index contributed by atoms with van der Waals surface area (Å²) in [6.45, 7) is 4.54. The van der Waals surface area contributed by atoms with E-state index in [0.717, 1.165) is 11.1 Å². The van der Waals surface area contributed by atoms with Crippen LogP contribution in [-0.2, 0) is 16.0 Å². The summed E-state index contributed by atoms with van der Waals surface area (Å²) in [4.78, 5) is 21.5. The molecule has 1 aromatic rings. The second kappa shape index (κ2) is 7.44. The number of hydrogen-bond donors (Lipinski definition) is 2. The molecule has 0 aromatic heterocycles. The lowest BCUT2D eigenvalue weighted by atomic mass is 10.0. The molecular formula is C13H19N3O4. The molecule has 1 aromatic carbocycles. The Kier molecular flexibility index (Phi) is 5.92. The van der Waals surface area contributed by atoms with Gasteiger partial charge in [-0.25, -0.2) is 0 Å². The average Bonchev–Trinajstić information content (AvgIpc) is 2.37. The smallest absolute Gasteiger partial charge is 0.319 e. The quantitative estimate of drug-likeness (QED) is 0.255. The highest BCUT2D eigenvalue weighted by Crippen LogP contribution is 2.27. The van der Waals surface area contributed by atoms with Crippen LogP contribution in [0.2, 0.25) is 0 Å². The van der Waals surface area contributed by atoms with Crippen LogP contribution in [0.15, 0.2) is 12.1 Å². The molecular weight excluding hydrogens is 262 g/mol. The van der Waals surface area contributed by atoms with Crippen LogP contribution in [0.1, 0.15) is 18.1 Å². The topological polar surface area (TPSA) is 107 Å². The number of nitrogens with one attached hydrogen (secondary N) is 1. The molecule has 0 aliphatic carbocycles. The number of esters is 1. The van der Waals surface area contributed by atoms with Gasteiger partial charge in [0.05, 0.1) is 18.1 Å². The molecule has 0 unspecified atom stereocenters. The van der Waals surface area contributed by atoms with Gasteiger partial charge in [-0.2, -0.15) is 0 Å². The van der Waals surface area contributed by atoms with Crippen molar-refractivity contribution >= 4 is 17.3 Å². The number of nitrogens with zero attached hydrogens (tertiary/aromatic N) is 1. The molecule has 7 nitrogen and oxygen atoms in total. The minimum absolute atomic E-state index is 0.0870. The Morgan fingerprint density at radius 3 is 2.80 bits per heavy atom. The molecule has 0 aliphatic heterocycles. The number of carbonyl (C=O) groups is 1. The predicted molar refractivity (Wildman–Crippen MR) is 75.5 cm³/mol. The number of ether oxygens (including phenoxy) is 1. The molecule has 3 N–H and O–H groups in total. The zero-order valence-electron chi connectivity index (χ0n) is 11.6. The van der Waals surface area contributed by atoms with E-state index in [1.807, 2.05) is 6.92 Å². The summed E-state index contributed by atoms with van der Waals surface area (Å²) in [5.74, 6) is -0.323. The molecule has 0 amide bonds.